The van der Waals surface area contributed by atoms with Crippen LogP contribution >= 0.6 is 11.3 Å². The molecule has 1 aromatic heterocycles. The number of carbonyl (C=O) groups is 1. The van der Waals surface area contributed by atoms with E-state index in [1.54, 1.807) is 29.3 Å². The van der Waals surface area contributed by atoms with E-state index in [1.807, 2.05) is 5.38 Å². The molecule has 4 rings (SSSR count). The second-order valence-electron chi connectivity index (χ2n) is 6.67. The van der Waals surface area contributed by atoms with Gasteiger partial charge < -0.3 is 4.90 Å². The maximum absolute atomic E-state index is 13.2. The molecular weight excluding hydrogens is 370 g/mol. The summed E-state index contributed by atoms with van der Waals surface area (Å²) in [6.07, 6.45) is 5.31. The molecule has 0 spiro atoms. The third-order valence-electron chi connectivity index (χ3n) is 5.02. The lowest BCUT2D eigenvalue weighted by molar-refractivity contribution is 0.0792. The zero-order valence-electron chi connectivity index (χ0n) is 14.4. The van der Waals surface area contributed by atoms with Gasteiger partial charge in [-0.05, 0) is 43.9 Å². The molecule has 0 saturated carbocycles. The molecule has 2 saturated heterocycles. The molecule has 1 aromatic carbocycles. The zero-order chi connectivity index (χ0) is 18.1. The molecule has 2 aromatic rings. The highest BCUT2D eigenvalue weighted by molar-refractivity contribution is 7.89. The summed E-state index contributed by atoms with van der Waals surface area (Å²) in [6, 6.07) is 6.24. The fraction of sp³-hybridized carbons (Fsp3) is 0.444. The number of likely N-dealkylation sites (tertiary alicyclic amines) is 1. The van der Waals surface area contributed by atoms with Crippen molar-refractivity contribution in [2.75, 3.05) is 19.6 Å². The molecule has 1 amide bonds. The Morgan fingerprint density at radius 1 is 1.15 bits per heavy atom. The van der Waals surface area contributed by atoms with Gasteiger partial charge in [-0.2, -0.15) is 4.31 Å². The maximum atomic E-state index is 13.2. The van der Waals surface area contributed by atoms with Crippen LogP contribution in [0.25, 0.3) is 0 Å². The summed E-state index contributed by atoms with van der Waals surface area (Å²) in [5, 5.41) is 2.70. The summed E-state index contributed by atoms with van der Waals surface area (Å²) >= 11 is 1.48. The number of rotatable bonds is 4. The van der Waals surface area contributed by atoms with Gasteiger partial charge in [-0.1, -0.05) is 6.07 Å². The number of aromatic nitrogens is 1. The van der Waals surface area contributed by atoms with Gasteiger partial charge in [0, 0.05) is 36.8 Å². The monoisotopic (exact) mass is 391 g/mol. The van der Waals surface area contributed by atoms with E-state index in [4.69, 9.17) is 0 Å². The fourth-order valence-electron chi connectivity index (χ4n) is 3.70. The molecule has 6 nitrogen and oxygen atoms in total. The van der Waals surface area contributed by atoms with E-state index in [0.29, 0.717) is 12.1 Å². The number of amides is 1. The van der Waals surface area contributed by atoms with Gasteiger partial charge in [-0.25, -0.2) is 13.4 Å². The number of benzene rings is 1. The number of thiazole rings is 1. The first-order chi connectivity index (χ1) is 12.6. The Kier molecular flexibility index (Phi) is 4.81. The Bertz CT molecular complexity index is 890. The largest absolute Gasteiger partial charge is 0.339 e. The highest BCUT2D eigenvalue weighted by atomic mass is 32.2. The number of carbonyl (C=O) groups excluding carboxylic acids is 1. The predicted octanol–water partition coefficient (Wildman–Crippen LogP) is 2.90. The van der Waals surface area contributed by atoms with Gasteiger partial charge in [0.2, 0.25) is 10.0 Å². The molecule has 1 atom stereocenters. The molecule has 3 heterocycles. The summed E-state index contributed by atoms with van der Waals surface area (Å²) in [6.45, 7) is 1.97. The molecule has 0 radical (unpaired) electrons. The minimum Gasteiger partial charge on any atom is -0.339 e. The van der Waals surface area contributed by atoms with Crippen molar-refractivity contribution in [3.63, 3.8) is 0 Å². The van der Waals surface area contributed by atoms with E-state index in [-0.39, 0.29) is 16.8 Å². The Balaban J connectivity index is 1.63. The molecule has 2 aliphatic rings. The van der Waals surface area contributed by atoms with Crippen molar-refractivity contribution < 1.29 is 13.2 Å². The van der Waals surface area contributed by atoms with Crippen LogP contribution in [-0.2, 0) is 10.0 Å². The average molecular weight is 392 g/mol. The minimum atomic E-state index is -3.66. The lowest BCUT2D eigenvalue weighted by Gasteiger charge is -2.23. The van der Waals surface area contributed by atoms with Crippen molar-refractivity contribution in [3.05, 3.63) is 46.4 Å². The third kappa shape index (κ3) is 3.17. The molecule has 138 valence electrons. The quantitative estimate of drug-likeness (QED) is 0.803. The Labute approximate surface area is 157 Å². The summed E-state index contributed by atoms with van der Waals surface area (Å²) in [7, 11) is -3.66. The van der Waals surface area contributed by atoms with E-state index in [1.165, 1.54) is 21.7 Å². The normalized spacial score (nSPS) is 21.4. The second kappa shape index (κ2) is 7.09. The standard InChI is InChI=1S/C18H21N3O3S2/c22-18(20-9-1-2-10-20)14-5-3-6-15(13-14)26(23,24)21-11-4-7-16(21)17-19-8-12-25-17/h3,5-6,8,12-13,16H,1-2,4,7,9-11H2/t16-/m1/s1. The fourth-order valence-corrected chi connectivity index (χ4v) is 6.26. The highest BCUT2D eigenvalue weighted by Gasteiger charge is 2.37. The SMILES string of the molecule is O=C(c1cccc(S(=O)(=O)N2CCC[C@@H]2c2nccs2)c1)N1CCCC1. The third-order valence-corrected chi connectivity index (χ3v) is 7.80. The van der Waals surface area contributed by atoms with Gasteiger partial charge in [0.1, 0.15) is 5.01 Å². The molecule has 0 N–H and O–H groups in total. The van der Waals surface area contributed by atoms with Crippen LogP contribution in [0, 0.1) is 0 Å². The first-order valence-electron chi connectivity index (χ1n) is 8.88. The first kappa shape index (κ1) is 17.6. The van der Waals surface area contributed by atoms with Gasteiger partial charge in [-0.15, -0.1) is 11.3 Å². The van der Waals surface area contributed by atoms with Crippen molar-refractivity contribution in [1.29, 1.82) is 0 Å². The van der Waals surface area contributed by atoms with Crippen LogP contribution < -0.4 is 0 Å². The number of sulfonamides is 1. The van der Waals surface area contributed by atoms with Crippen molar-refractivity contribution in [3.8, 4) is 0 Å². The van der Waals surface area contributed by atoms with Gasteiger partial charge in [0.05, 0.1) is 10.9 Å². The summed E-state index contributed by atoms with van der Waals surface area (Å²) in [5.74, 6) is -0.0857. The van der Waals surface area contributed by atoms with E-state index >= 15 is 0 Å². The van der Waals surface area contributed by atoms with Crippen LogP contribution in [0.1, 0.15) is 47.1 Å². The molecular formula is C18H21N3O3S2. The Hall–Kier alpha value is -1.77. The van der Waals surface area contributed by atoms with Crippen molar-refractivity contribution in [2.45, 2.75) is 36.6 Å². The van der Waals surface area contributed by atoms with Crippen LogP contribution in [-0.4, -0.2) is 48.1 Å². The molecule has 8 heteroatoms. The topological polar surface area (TPSA) is 70.6 Å². The van der Waals surface area contributed by atoms with E-state index in [0.717, 1.165) is 43.8 Å². The minimum absolute atomic E-state index is 0.0857. The number of hydrogen-bond donors (Lipinski definition) is 0. The number of nitrogens with zero attached hydrogens (tertiary/aromatic N) is 3. The Morgan fingerprint density at radius 3 is 2.69 bits per heavy atom. The van der Waals surface area contributed by atoms with Crippen LogP contribution in [0.15, 0.2) is 40.7 Å². The van der Waals surface area contributed by atoms with Crippen molar-refractivity contribution >= 4 is 27.3 Å². The van der Waals surface area contributed by atoms with Gasteiger partial charge in [0.25, 0.3) is 5.91 Å². The Morgan fingerprint density at radius 2 is 1.96 bits per heavy atom. The van der Waals surface area contributed by atoms with Gasteiger partial charge in [-0.3, -0.25) is 4.79 Å². The van der Waals surface area contributed by atoms with Crippen molar-refractivity contribution in [2.24, 2.45) is 0 Å². The van der Waals surface area contributed by atoms with Crippen LogP contribution in [0.4, 0.5) is 0 Å². The molecule has 0 aliphatic carbocycles. The lowest BCUT2D eigenvalue weighted by atomic mass is 10.2. The first-order valence-corrected chi connectivity index (χ1v) is 11.2. The van der Waals surface area contributed by atoms with Gasteiger partial charge in [0.15, 0.2) is 0 Å². The molecule has 0 unspecified atom stereocenters. The molecule has 26 heavy (non-hydrogen) atoms. The van der Waals surface area contributed by atoms with E-state index < -0.39 is 10.0 Å². The maximum Gasteiger partial charge on any atom is 0.253 e. The van der Waals surface area contributed by atoms with E-state index in [2.05, 4.69) is 4.98 Å². The van der Waals surface area contributed by atoms with E-state index in [9.17, 15) is 13.2 Å². The summed E-state index contributed by atoms with van der Waals surface area (Å²) in [4.78, 5) is 18.9. The smallest absolute Gasteiger partial charge is 0.253 e. The lowest BCUT2D eigenvalue weighted by Crippen LogP contribution is -2.31. The second-order valence-corrected chi connectivity index (χ2v) is 9.49. The van der Waals surface area contributed by atoms with Crippen LogP contribution in [0.5, 0.6) is 0 Å². The number of hydrogen-bond acceptors (Lipinski definition) is 5. The highest BCUT2D eigenvalue weighted by Crippen LogP contribution is 2.37. The van der Waals surface area contributed by atoms with Crippen molar-refractivity contribution in [1.82, 2.24) is 14.2 Å². The summed E-state index contributed by atoms with van der Waals surface area (Å²) < 4.78 is 28.0. The van der Waals surface area contributed by atoms with Crippen LogP contribution in [0.2, 0.25) is 0 Å². The molecule has 2 aliphatic heterocycles. The predicted molar refractivity (Wildman–Crippen MR) is 99.6 cm³/mol. The zero-order valence-corrected chi connectivity index (χ0v) is 16.0. The van der Waals surface area contributed by atoms with Crippen LogP contribution in [0.3, 0.4) is 0 Å². The summed E-state index contributed by atoms with van der Waals surface area (Å²) in [5.41, 5.74) is 0.443. The molecule has 0 bridgehead atoms. The van der Waals surface area contributed by atoms with Gasteiger partial charge >= 0.3 is 0 Å². The molecule has 2 fully saturated rings. The average Bonchev–Trinajstić information content (AvgIpc) is 3.42.